The molecule has 5 aromatic rings. The number of nitrogens with one attached hydrogen (secondary N) is 2. The molecule has 1 saturated carbocycles. The third kappa shape index (κ3) is 6.23. The maximum atomic E-state index is 13.2. The molecule has 1 aliphatic carbocycles. The van der Waals surface area contributed by atoms with E-state index in [0.29, 0.717) is 23.1 Å². The Labute approximate surface area is 298 Å². The van der Waals surface area contributed by atoms with Crippen molar-refractivity contribution in [2.24, 2.45) is 0 Å². The van der Waals surface area contributed by atoms with Crippen LogP contribution in [0.2, 0.25) is 0 Å². The molecule has 4 amide bonds. The van der Waals surface area contributed by atoms with Gasteiger partial charge in [-0.3, -0.25) is 34.4 Å². The Morgan fingerprint density at radius 1 is 0.865 bits per heavy atom. The predicted molar refractivity (Wildman–Crippen MR) is 186 cm³/mol. The summed E-state index contributed by atoms with van der Waals surface area (Å²) in [7, 11) is 0. The first-order valence-corrected chi connectivity index (χ1v) is 17.0. The first-order valence-electron chi connectivity index (χ1n) is 17.0. The Morgan fingerprint density at radius 3 is 2.27 bits per heavy atom. The molecular weight excluding hydrogens is 664 g/mol. The summed E-state index contributed by atoms with van der Waals surface area (Å²) in [4.78, 5) is 59.7. The van der Waals surface area contributed by atoms with E-state index >= 15 is 0 Å². The van der Waals surface area contributed by atoms with E-state index in [4.69, 9.17) is 9.47 Å². The van der Waals surface area contributed by atoms with Crippen molar-refractivity contribution in [3.05, 3.63) is 114 Å². The molecule has 14 nitrogen and oxygen atoms in total. The number of imide groups is 2. The Kier molecular flexibility index (Phi) is 8.20. The summed E-state index contributed by atoms with van der Waals surface area (Å²) in [5.74, 6) is 0.205. The van der Waals surface area contributed by atoms with Crippen LogP contribution in [0.5, 0.6) is 17.4 Å². The Morgan fingerprint density at radius 2 is 1.58 bits per heavy atom. The molecule has 8 rings (SSSR count). The Balaban J connectivity index is 0.840. The van der Waals surface area contributed by atoms with E-state index in [9.17, 15) is 19.2 Å². The van der Waals surface area contributed by atoms with E-state index in [0.717, 1.165) is 34.6 Å². The molecule has 2 N–H and O–H groups in total. The fourth-order valence-electron chi connectivity index (χ4n) is 6.77. The van der Waals surface area contributed by atoms with Gasteiger partial charge >= 0.3 is 0 Å². The van der Waals surface area contributed by atoms with E-state index in [1.165, 1.54) is 4.68 Å². The number of carbonyl (C=O) groups is 4. The number of rotatable bonds is 10. The molecule has 3 aromatic carbocycles. The van der Waals surface area contributed by atoms with Gasteiger partial charge in [-0.2, -0.15) is 4.98 Å². The van der Waals surface area contributed by atoms with Crippen molar-refractivity contribution in [3.8, 4) is 23.2 Å². The average molecular weight is 699 g/mol. The smallest absolute Gasteiger partial charge is 0.262 e. The molecule has 3 aliphatic rings. The van der Waals surface area contributed by atoms with Crippen LogP contribution in [-0.2, 0) is 15.0 Å². The van der Waals surface area contributed by atoms with Crippen LogP contribution < -0.4 is 20.1 Å². The molecule has 1 unspecified atom stereocenters. The van der Waals surface area contributed by atoms with Gasteiger partial charge in [-0.15, -0.1) is 5.10 Å². The van der Waals surface area contributed by atoms with Crippen LogP contribution in [0.3, 0.4) is 0 Å². The summed E-state index contributed by atoms with van der Waals surface area (Å²) in [6.07, 6.45) is 8.15. The normalized spacial score (nSPS) is 19.9. The van der Waals surface area contributed by atoms with Gasteiger partial charge in [-0.1, -0.05) is 43.3 Å². The quantitative estimate of drug-likeness (QED) is 0.196. The second-order valence-electron chi connectivity index (χ2n) is 13.6. The summed E-state index contributed by atoms with van der Waals surface area (Å²) in [6.45, 7) is 4.34. The summed E-state index contributed by atoms with van der Waals surface area (Å²) in [6, 6.07) is 20.2. The minimum absolute atomic E-state index is 0.0335. The second kappa shape index (κ2) is 13.0. The number of carbonyl (C=O) groups excluding carboxylic acids is 4. The van der Waals surface area contributed by atoms with Gasteiger partial charge in [0.2, 0.25) is 17.7 Å². The van der Waals surface area contributed by atoms with Crippen molar-refractivity contribution in [1.82, 2.24) is 35.2 Å². The van der Waals surface area contributed by atoms with E-state index in [1.807, 2.05) is 36.4 Å². The molecule has 2 fully saturated rings. The van der Waals surface area contributed by atoms with E-state index in [-0.39, 0.29) is 41.5 Å². The van der Waals surface area contributed by atoms with Crippen molar-refractivity contribution in [2.75, 3.05) is 5.32 Å². The zero-order valence-corrected chi connectivity index (χ0v) is 28.4. The maximum Gasteiger partial charge on any atom is 0.262 e. The molecule has 1 atom stereocenters. The van der Waals surface area contributed by atoms with Crippen LogP contribution in [0.25, 0.3) is 5.82 Å². The molecule has 2 aromatic heterocycles. The number of benzene rings is 3. The molecule has 1 saturated heterocycles. The highest BCUT2D eigenvalue weighted by Gasteiger charge is 2.45. The van der Waals surface area contributed by atoms with Crippen LogP contribution >= 0.6 is 0 Å². The number of ether oxygens (including phenoxy) is 2. The lowest BCUT2D eigenvalue weighted by atomic mass is 9.78. The van der Waals surface area contributed by atoms with Crippen LogP contribution in [0.15, 0.2) is 91.5 Å². The van der Waals surface area contributed by atoms with Crippen molar-refractivity contribution in [1.29, 1.82) is 0 Å². The van der Waals surface area contributed by atoms with E-state index in [1.54, 1.807) is 43.0 Å². The van der Waals surface area contributed by atoms with Crippen LogP contribution in [-0.4, -0.2) is 71.7 Å². The molecule has 4 heterocycles. The van der Waals surface area contributed by atoms with Gasteiger partial charge < -0.3 is 14.8 Å². The Bertz CT molecular complexity index is 2180. The minimum atomic E-state index is -0.989. The van der Waals surface area contributed by atoms with Crippen LogP contribution in [0.4, 0.5) is 5.69 Å². The van der Waals surface area contributed by atoms with Gasteiger partial charge in [-0.25, -0.2) is 4.68 Å². The first kappa shape index (κ1) is 32.7. The number of hydrogen-bond donors (Lipinski definition) is 2. The van der Waals surface area contributed by atoms with E-state index < -0.39 is 29.7 Å². The first-order chi connectivity index (χ1) is 25.1. The number of fused-ring (bicyclic) bond motifs is 1. The summed E-state index contributed by atoms with van der Waals surface area (Å²) >= 11 is 0. The molecule has 0 bridgehead atoms. The predicted octanol–water partition coefficient (Wildman–Crippen LogP) is 4.60. The topological polar surface area (TPSA) is 171 Å². The molecule has 0 radical (unpaired) electrons. The lowest BCUT2D eigenvalue weighted by Crippen LogP contribution is -2.54. The molecule has 0 spiro atoms. The molecule has 52 heavy (non-hydrogen) atoms. The maximum absolute atomic E-state index is 13.2. The summed E-state index contributed by atoms with van der Waals surface area (Å²) in [5.41, 5.74) is 3.19. The largest absolute Gasteiger partial charge is 0.490 e. The van der Waals surface area contributed by atoms with Crippen molar-refractivity contribution < 1.29 is 28.7 Å². The highest BCUT2D eigenvalue weighted by Crippen LogP contribution is 2.36. The zero-order chi connectivity index (χ0) is 36.0. The van der Waals surface area contributed by atoms with E-state index in [2.05, 4.69) is 56.9 Å². The monoisotopic (exact) mass is 698 g/mol. The minimum Gasteiger partial charge on any atom is -0.490 e. The SMILES string of the molecule is CC(C)(c1ccc(Oc2cncc(-n3ccnn3)n2)cc1)c1ccc(O[C@H]2C[C@H](Nc3ccc4c(c3)C(=O)N(C3CCC(=O)NC3=O)C4=O)C2)cc1. The van der Waals surface area contributed by atoms with Gasteiger partial charge in [0, 0.05) is 36.4 Å². The number of hydrogen-bond acceptors (Lipinski definition) is 11. The highest BCUT2D eigenvalue weighted by molar-refractivity contribution is 6.23. The molecule has 2 aliphatic heterocycles. The molecule has 14 heteroatoms. The van der Waals surface area contributed by atoms with Gasteiger partial charge in [0.1, 0.15) is 23.6 Å². The van der Waals surface area contributed by atoms with Crippen molar-refractivity contribution >= 4 is 29.3 Å². The van der Waals surface area contributed by atoms with Crippen molar-refractivity contribution in [2.45, 2.75) is 63.1 Å². The number of nitrogens with zero attached hydrogens (tertiary/aromatic N) is 6. The fourth-order valence-corrected chi connectivity index (χ4v) is 6.77. The number of piperidine rings is 1. The van der Waals surface area contributed by atoms with Crippen molar-refractivity contribution in [3.63, 3.8) is 0 Å². The Hall–Kier alpha value is -6.44. The van der Waals surface area contributed by atoms with Gasteiger partial charge in [0.05, 0.1) is 35.9 Å². The number of aromatic nitrogens is 5. The third-order valence-electron chi connectivity index (χ3n) is 9.84. The lowest BCUT2D eigenvalue weighted by molar-refractivity contribution is -0.136. The standard InChI is InChI=1S/C38H34N8O6/c1-38(2,23-5-10-27(11-6-23)52-34-21-39-20-32(42-34)45-16-15-40-44-45)22-3-8-26(9-4-22)51-28-17-25(18-28)41-24-7-12-29-30(19-24)37(50)46(36(29)49)31-13-14-33(47)43-35(31)48/h3-12,15-16,19-21,25,28,31,41H,13-14,17-18H2,1-2H3,(H,43,47,48)/t25-,28-,31?. The highest BCUT2D eigenvalue weighted by atomic mass is 16.5. The second-order valence-corrected chi connectivity index (χ2v) is 13.6. The lowest BCUT2D eigenvalue weighted by Gasteiger charge is -2.36. The molecule has 262 valence electrons. The van der Waals surface area contributed by atoms with Gasteiger partial charge in [0.25, 0.3) is 11.8 Å². The summed E-state index contributed by atoms with van der Waals surface area (Å²) < 4.78 is 13.7. The van der Waals surface area contributed by atoms with Crippen LogP contribution in [0.1, 0.15) is 71.4 Å². The van der Waals surface area contributed by atoms with Gasteiger partial charge in [-0.05, 0) is 60.0 Å². The van der Waals surface area contributed by atoms with Crippen LogP contribution in [0, 0.1) is 0 Å². The molecular formula is C38H34N8O6. The van der Waals surface area contributed by atoms with Gasteiger partial charge in [0.15, 0.2) is 5.82 Å². The number of amides is 4. The third-order valence-corrected chi connectivity index (χ3v) is 9.84. The fraction of sp³-hybridized carbons (Fsp3) is 0.263. The zero-order valence-electron chi connectivity index (χ0n) is 28.4. The summed E-state index contributed by atoms with van der Waals surface area (Å²) in [5, 5.41) is 13.4. The number of anilines is 1. The average Bonchev–Trinajstić information content (AvgIpc) is 3.75.